The maximum absolute atomic E-state index is 12.8. The first-order chi connectivity index (χ1) is 15.5. The first kappa shape index (κ1) is 23.0. The molecular weight excluding hydrogens is 406 g/mol. The monoisotopic (exact) mass is 443 g/mol. The molecule has 0 spiro atoms. The molecule has 2 saturated heterocycles. The number of hydrogen-bond acceptors (Lipinski definition) is 6. The van der Waals surface area contributed by atoms with E-state index in [4.69, 9.17) is 14.7 Å². The minimum absolute atomic E-state index is 0.0869. The van der Waals surface area contributed by atoms with Gasteiger partial charge in [0.1, 0.15) is 11.6 Å². The fraction of sp³-hybridized carbons (Fsp3) is 0.750. The van der Waals surface area contributed by atoms with Crippen LogP contribution < -0.4 is 4.90 Å². The molecule has 0 N–H and O–H groups in total. The zero-order valence-electron chi connectivity index (χ0n) is 19.8. The molecule has 3 fully saturated rings. The summed E-state index contributed by atoms with van der Waals surface area (Å²) in [7, 11) is 5.64. The van der Waals surface area contributed by atoms with Gasteiger partial charge in [0.05, 0.1) is 12.3 Å². The Hall–Kier alpha value is -2.22. The van der Waals surface area contributed by atoms with Gasteiger partial charge in [0.25, 0.3) is 0 Å². The lowest BCUT2D eigenvalue weighted by molar-refractivity contribution is -0.136. The van der Waals surface area contributed by atoms with Crippen molar-refractivity contribution in [3.8, 4) is 0 Å². The summed E-state index contributed by atoms with van der Waals surface area (Å²) in [5.41, 5.74) is 0.955. The van der Waals surface area contributed by atoms with Gasteiger partial charge in [-0.1, -0.05) is 12.8 Å². The third-order valence-electron chi connectivity index (χ3n) is 7.28. The van der Waals surface area contributed by atoms with E-state index in [9.17, 15) is 9.59 Å². The van der Waals surface area contributed by atoms with E-state index in [1.165, 1.54) is 12.8 Å². The van der Waals surface area contributed by atoms with E-state index in [1.54, 1.807) is 7.11 Å². The fourth-order valence-electron chi connectivity index (χ4n) is 5.27. The number of rotatable bonds is 7. The van der Waals surface area contributed by atoms with Crippen LogP contribution in [0, 0.1) is 5.92 Å². The number of carbonyl (C=O) groups is 2. The highest BCUT2D eigenvalue weighted by atomic mass is 16.5. The molecule has 32 heavy (non-hydrogen) atoms. The van der Waals surface area contributed by atoms with Crippen LogP contribution in [0.2, 0.25) is 0 Å². The van der Waals surface area contributed by atoms with Crippen LogP contribution in [-0.4, -0.2) is 85.6 Å². The van der Waals surface area contributed by atoms with Gasteiger partial charge < -0.3 is 19.4 Å². The summed E-state index contributed by atoms with van der Waals surface area (Å²) in [6, 6.07) is 2.03. The van der Waals surface area contributed by atoms with Crippen molar-refractivity contribution < 1.29 is 14.3 Å². The Morgan fingerprint density at radius 2 is 1.84 bits per heavy atom. The Balaban J connectivity index is 1.45. The Labute approximate surface area is 191 Å². The van der Waals surface area contributed by atoms with E-state index in [-0.39, 0.29) is 23.7 Å². The Morgan fingerprint density at radius 3 is 2.50 bits per heavy atom. The molecule has 1 atom stereocenters. The van der Waals surface area contributed by atoms with Crippen LogP contribution in [0.15, 0.2) is 6.07 Å². The van der Waals surface area contributed by atoms with Gasteiger partial charge in [-0.15, -0.1) is 0 Å². The van der Waals surface area contributed by atoms with Crippen molar-refractivity contribution >= 4 is 17.6 Å². The maximum Gasteiger partial charge on any atom is 0.225 e. The van der Waals surface area contributed by atoms with Gasteiger partial charge in [-0.3, -0.25) is 9.59 Å². The highest BCUT2D eigenvalue weighted by Gasteiger charge is 2.34. The second kappa shape index (κ2) is 10.1. The number of aromatic nitrogens is 2. The number of carbonyl (C=O) groups excluding carboxylic acids is 2. The van der Waals surface area contributed by atoms with E-state index in [0.29, 0.717) is 32.0 Å². The Morgan fingerprint density at radius 1 is 1.12 bits per heavy atom. The van der Waals surface area contributed by atoms with Crippen molar-refractivity contribution in [3.63, 3.8) is 0 Å². The van der Waals surface area contributed by atoms with Crippen molar-refractivity contribution in [2.45, 2.75) is 56.8 Å². The van der Waals surface area contributed by atoms with Gasteiger partial charge >= 0.3 is 0 Å². The summed E-state index contributed by atoms with van der Waals surface area (Å²) in [6.45, 7) is 3.43. The van der Waals surface area contributed by atoms with Gasteiger partial charge in [-0.25, -0.2) is 9.97 Å². The molecule has 0 bridgehead atoms. The van der Waals surface area contributed by atoms with E-state index >= 15 is 0 Å². The third-order valence-corrected chi connectivity index (χ3v) is 7.28. The highest BCUT2D eigenvalue weighted by Crippen LogP contribution is 2.33. The van der Waals surface area contributed by atoms with Crippen LogP contribution in [0.1, 0.15) is 68.3 Å². The molecule has 0 unspecified atom stereocenters. The predicted molar refractivity (Wildman–Crippen MR) is 123 cm³/mol. The number of nitrogens with zero attached hydrogens (tertiary/aromatic N) is 5. The van der Waals surface area contributed by atoms with Crippen molar-refractivity contribution in [2.75, 3.05) is 58.9 Å². The van der Waals surface area contributed by atoms with Gasteiger partial charge in [-0.2, -0.15) is 0 Å². The summed E-state index contributed by atoms with van der Waals surface area (Å²) in [6.07, 6.45) is 6.77. The molecule has 2 amide bonds. The number of ether oxygens (including phenoxy) is 1. The van der Waals surface area contributed by atoms with Gasteiger partial charge in [0.15, 0.2) is 0 Å². The summed E-state index contributed by atoms with van der Waals surface area (Å²) >= 11 is 0. The molecule has 1 aromatic rings. The van der Waals surface area contributed by atoms with Crippen LogP contribution in [0.5, 0.6) is 0 Å². The van der Waals surface area contributed by atoms with Crippen molar-refractivity contribution in [1.82, 2.24) is 19.8 Å². The SMILES string of the molecule is COCCN1C[C@@H](c2cc(N(C)C)nc(C3CCN(C(=O)C4CCCC4)CC3)n2)CC1=O. The minimum Gasteiger partial charge on any atom is -0.383 e. The molecule has 4 rings (SSSR count). The maximum atomic E-state index is 12.8. The molecule has 1 aromatic heterocycles. The van der Waals surface area contributed by atoms with Crippen LogP contribution in [0.3, 0.4) is 0 Å². The van der Waals surface area contributed by atoms with Crippen LogP contribution in [0.4, 0.5) is 5.82 Å². The predicted octanol–water partition coefficient (Wildman–Crippen LogP) is 2.40. The average molecular weight is 444 g/mol. The van der Waals surface area contributed by atoms with E-state index < -0.39 is 0 Å². The van der Waals surface area contributed by atoms with Crippen molar-refractivity contribution in [2.24, 2.45) is 5.92 Å². The lowest BCUT2D eigenvalue weighted by Crippen LogP contribution is -2.41. The molecule has 8 heteroatoms. The lowest BCUT2D eigenvalue weighted by atomic mass is 9.94. The van der Waals surface area contributed by atoms with Crippen molar-refractivity contribution in [1.29, 1.82) is 0 Å². The van der Waals surface area contributed by atoms with Gasteiger partial charge in [0, 0.05) is 77.6 Å². The molecule has 3 heterocycles. The number of hydrogen-bond donors (Lipinski definition) is 0. The largest absolute Gasteiger partial charge is 0.383 e. The smallest absolute Gasteiger partial charge is 0.225 e. The molecule has 1 saturated carbocycles. The lowest BCUT2D eigenvalue weighted by Gasteiger charge is -2.33. The fourth-order valence-corrected chi connectivity index (χ4v) is 5.27. The molecule has 0 aromatic carbocycles. The van der Waals surface area contributed by atoms with Crippen LogP contribution in [-0.2, 0) is 14.3 Å². The van der Waals surface area contributed by atoms with E-state index in [0.717, 1.165) is 56.1 Å². The number of piperidine rings is 1. The standard InChI is InChI=1S/C24H37N5O3/c1-27(2)21-15-20(19-14-22(30)29(16-19)12-13-32-3)25-23(26-21)17-8-10-28(11-9-17)24(31)18-6-4-5-7-18/h15,17-19H,4-14,16H2,1-3H3/t19-/m0/s1. The first-order valence-corrected chi connectivity index (χ1v) is 12.1. The second-order valence-corrected chi connectivity index (χ2v) is 9.72. The highest BCUT2D eigenvalue weighted by molar-refractivity contribution is 5.80. The zero-order valence-corrected chi connectivity index (χ0v) is 19.8. The summed E-state index contributed by atoms with van der Waals surface area (Å²) < 4.78 is 5.15. The molecular formula is C24H37N5O3. The normalized spacial score (nSPS) is 22.7. The number of methoxy groups -OCH3 is 1. The first-order valence-electron chi connectivity index (χ1n) is 12.1. The summed E-state index contributed by atoms with van der Waals surface area (Å²) in [4.78, 5) is 41.0. The quantitative estimate of drug-likeness (QED) is 0.644. The molecule has 176 valence electrons. The average Bonchev–Trinajstić information content (AvgIpc) is 3.47. The molecule has 0 radical (unpaired) electrons. The molecule has 8 nitrogen and oxygen atoms in total. The molecule has 1 aliphatic carbocycles. The van der Waals surface area contributed by atoms with Crippen LogP contribution >= 0.6 is 0 Å². The Kier molecular flexibility index (Phi) is 7.28. The zero-order chi connectivity index (χ0) is 22.7. The van der Waals surface area contributed by atoms with E-state index in [2.05, 4.69) is 4.90 Å². The van der Waals surface area contributed by atoms with E-state index in [1.807, 2.05) is 30.0 Å². The third kappa shape index (κ3) is 5.05. The number of amides is 2. The topological polar surface area (TPSA) is 78.9 Å². The van der Waals surface area contributed by atoms with Crippen molar-refractivity contribution in [3.05, 3.63) is 17.6 Å². The Bertz CT molecular complexity index is 816. The second-order valence-electron chi connectivity index (χ2n) is 9.72. The summed E-state index contributed by atoms with van der Waals surface area (Å²) in [5.74, 6) is 2.85. The van der Waals surface area contributed by atoms with Crippen LogP contribution in [0.25, 0.3) is 0 Å². The number of anilines is 1. The number of likely N-dealkylation sites (tertiary alicyclic amines) is 2. The minimum atomic E-state index is 0.0869. The van der Waals surface area contributed by atoms with Gasteiger partial charge in [-0.05, 0) is 25.7 Å². The molecule has 3 aliphatic rings. The molecule has 2 aliphatic heterocycles. The summed E-state index contributed by atoms with van der Waals surface area (Å²) in [5, 5.41) is 0. The van der Waals surface area contributed by atoms with Gasteiger partial charge in [0.2, 0.25) is 11.8 Å².